The number of carbonyl (C=O) groups excluding carboxylic acids is 3. The van der Waals surface area contributed by atoms with E-state index in [1.165, 1.54) is 22.3 Å². The molecule has 4 aliphatic carbocycles. The number of benzene rings is 2. The molecule has 0 saturated heterocycles. The molecule has 9 nitrogen and oxygen atoms in total. The van der Waals surface area contributed by atoms with Crippen LogP contribution in [0.5, 0.6) is 0 Å². The number of nitrogen functional groups attached to an aromatic ring is 1. The number of aryl methyl sites for hydroxylation is 2. The first-order valence-electron chi connectivity index (χ1n) is 19.6. The highest BCUT2D eigenvalue weighted by Crippen LogP contribution is 2.59. The predicted molar refractivity (Wildman–Crippen MR) is 206 cm³/mol. The largest absolute Gasteiger partial charge is 0.399 e. The quantitative estimate of drug-likeness (QED) is 0.127. The molecule has 52 heavy (non-hydrogen) atoms. The van der Waals surface area contributed by atoms with Crippen molar-refractivity contribution in [3.63, 3.8) is 0 Å². The van der Waals surface area contributed by atoms with Crippen molar-refractivity contribution >= 4 is 29.1 Å². The van der Waals surface area contributed by atoms with Gasteiger partial charge in [0.05, 0.1) is 23.2 Å². The van der Waals surface area contributed by atoms with Gasteiger partial charge in [-0.3, -0.25) is 19.7 Å². The number of nitrogens with one attached hydrogen (secondary N) is 4. The SMILES string of the molecule is CC(C)N[C@@H](Cc1cnc[nH]1)C(=O)Nc1ccc2c(c1)[C@@]1(C)CCC[C@](C)(C(=O)NC(=O)[C@@]3(C)CCC[C@]4(C)c5cc(N)ccc5CC[C@@H]34)[C@@H]1CC2. The highest BCUT2D eigenvalue weighted by Gasteiger charge is 2.58. The van der Waals surface area contributed by atoms with E-state index in [4.69, 9.17) is 5.73 Å². The Morgan fingerprint density at radius 2 is 1.42 bits per heavy atom. The third-order valence-corrected chi connectivity index (χ3v) is 14.1. The highest BCUT2D eigenvalue weighted by atomic mass is 16.2. The van der Waals surface area contributed by atoms with Crippen LogP contribution in [0.3, 0.4) is 0 Å². The molecule has 6 N–H and O–H groups in total. The fourth-order valence-corrected chi connectivity index (χ4v) is 11.4. The monoisotopic (exact) mass is 706 g/mol. The summed E-state index contributed by atoms with van der Waals surface area (Å²) in [6, 6.07) is 12.3. The first-order valence-corrected chi connectivity index (χ1v) is 19.6. The van der Waals surface area contributed by atoms with Gasteiger partial charge < -0.3 is 21.4 Å². The second-order valence-corrected chi connectivity index (χ2v) is 17.8. The molecule has 2 aromatic carbocycles. The number of nitrogens with zero attached hydrogens (tertiary/aromatic N) is 1. The molecule has 0 spiro atoms. The lowest BCUT2D eigenvalue weighted by Crippen LogP contribution is -2.60. The van der Waals surface area contributed by atoms with Crippen LogP contribution in [0.25, 0.3) is 0 Å². The number of aromatic nitrogens is 2. The van der Waals surface area contributed by atoms with E-state index in [2.05, 4.69) is 77.9 Å². The fraction of sp³-hybridized carbons (Fsp3) is 0.581. The highest BCUT2D eigenvalue weighted by molar-refractivity contribution is 6.01. The summed E-state index contributed by atoms with van der Waals surface area (Å²) < 4.78 is 0. The van der Waals surface area contributed by atoms with E-state index in [1.54, 1.807) is 12.5 Å². The zero-order valence-corrected chi connectivity index (χ0v) is 32.0. The van der Waals surface area contributed by atoms with Gasteiger partial charge >= 0.3 is 0 Å². The van der Waals surface area contributed by atoms with Crippen molar-refractivity contribution in [3.05, 3.63) is 76.9 Å². The maximum atomic E-state index is 14.6. The van der Waals surface area contributed by atoms with Crippen LogP contribution < -0.4 is 21.7 Å². The van der Waals surface area contributed by atoms with Crippen molar-refractivity contribution in [1.29, 1.82) is 0 Å². The van der Waals surface area contributed by atoms with Gasteiger partial charge in [0.15, 0.2) is 0 Å². The molecule has 2 saturated carbocycles. The number of hydrogen-bond donors (Lipinski definition) is 5. The topological polar surface area (TPSA) is 142 Å². The molecule has 0 aliphatic heterocycles. The lowest BCUT2D eigenvalue weighted by Gasteiger charge is -2.56. The van der Waals surface area contributed by atoms with Crippen LogP contribution in [0.1, 0.15) is 121 Å². The number of rotatable bonds is 8. The number of aromatic amines is 1. The Morgan fingerprint density at radius 1 is 0.846 bits per heavy atom. The van der Waals surface area contributed by atoms with Gasteiger partial charge in [-0.15, -0.1) is 0 Å². The summed E-state index contributed by atoms with van der Waals surface area (Å²) in [4.78, 5) is 50.0. The van der Waals surface area contributed by atoms with Gasteiger partial charge in [0, 0.05) is 35.7 Å². The van der Waals surface area contributed by atoms with Crippen LogP contribution in [0.15, 0.2) is 48.9 Å². The smallest absolute Gasteiger partial charge is 0.241 e. The number of H-pyrrole nitrogens is 1. The summed E-state index contributed by atoms with van der Waals surface area (Å²) in [5.74, 6) is -0.147. The zero-order chi connectivity index (χ0) is 37.1. The number of hydrogen-bond acceptors (Lipinski definition) is 6. The Balaban J connectivity index is 1.10. The molecule has 1 aromatic heterocycles. The van der Waals surface area contributed by atoms with Crippen molar-refractivity contribution in [2.24, 2.45) is 22.7 Å². The van der Waals surface area contributed by atoms with Gasteiger partial charge in [0.2, 0.25) is 17.7 Å². The molecule has 1 heterocycles. The molecular formula is C43H58N6O3. The number of nitrogens with two attached hydrogens (primary N) is 1. The summed E-state index contributed by atoms with van der Waals surface area (Å²) >= 11 is 0. The summed E-state index contributed by atoms with van der Waals surface area (Å²) in [5, 5.41) is 9.68. The normalized spacial score (nSPS) is 31.4. The van der Waals surface area contributed by atoms with E-state index in [-0.39, 0.29) is 46.4 Å². The van der Waals surface area contributed by atoms with Crippen molar-refractivity contribution in [2.75, 3.05) is 11.1 Å². The molecule has 7 rings (SSSR count). The standard InChI is InChI=1S/C43H58N6O3/c1-26(2)47-34(23-31-24-45-25-46-31)37(50)48-30-14-10-28-12-16-36-41(4,33(28)22-30)18-8-20-43(36,6)39(52)49-38(51)42(5)19-7-17-40(3)32-21-29(44)13-9-27(32)11-15-35(40)42/h9-10,13-14,21-22,24-26,34-36,47H,7-8,11-12,15-20,23,44H2,1-6H3,(H,45,46)(H,48,50)(H,49,51,52)/t34-,35+,36+,40+,41+,42-,43-/m0/s1. The lowest BCUT2D eigenvalue weighted by molar-refractivity contribution is -0.150. The Bertz CT molecular complexity index is 1850. The minimum atomic E-state index is -0.697. The maximum Gasteiger partial charge on any atom is 0.241 e. The molecule has 9 heteroatoms. The summed E-state index contributed by atoms with van der Waals surface area (Å²) in [5.41, 5.74) is 12.0. The van der Waals surface area contributed by atoms with Crippen LogP contribution in [-0.4, -0.2) is 39.8 Å². The van der Waals surface area contributed by atoms with E-state index >= 15 is 0 Å². The molecule has 3 aromatic rings. The van der Waals surface area contributed by atoms with Crippen LogP contribution in [-0.2, 0) is 44.5 Å². The molecule has 3 amide bonds. The van der Waals surface area contributed by atoms with Crippen molar-refractivity contribution < 1.29 is 14.4 Å². The molecule has 7 atom stereocenters. The Labute approximate surface area is 309 Å². The van der Waals surface area contributed by atoms with Gasteiger partial charge in [-0.25, -0.2) is 4.98 Å². The molecule has 278 valence electrons. The number of fused-ring (bicyclic) bond motifs is 6. The number of imide groups is 1. The fourth-order valence-electron chi connectivity index (χ4n) is 11.4. The van der Waals surface area contributed by atoms with Crippen LogP contribution in [0, 0.1) is 22.7 Å². The predicted octanol–water partition coefficient (Wildman–Crippen LogP) is 6.90. The Kier molecular flexibility index (Phi) is 9.42. The average molecular weight is 707 g/mol. The Hall–Kier alpha value is -3.98. The van der Waals surface area contributed by atoms with E-state index in [0.717, 1.165) is 81.3 Å². The van der Waals surface area contributed by atoms with Gasteiger partial charge in [-0.1, -0.05) is 66.5 Å². The summed E-state index contributed by atoms with van der Waals surface area (Å²) in [7, 11) is 0. The zero-order valence-electron chi connectivity index (χ0n) is 32.0. The first kappa shape index (κ1) is 36.4. The molecule has 0 bridgehead atoms. The van der Waals surface area contributed by atoms with E-state index < -0.39 is 16.9 Å². The molecule has 4 aliphatic rings. The van der Waals surface area contributed by atoms with Crippen molar-refractivity contribution in [2.45, 2.75) is 135 Å². The minimum absolute atomic E-state index is 0.0599. The third-order valence-electron chi connectivity index (χ3n) is 14.1. The van der Waals surface area contributed by atoms with E-state index in [0.29, 0.717) is 6.42 Å². The molecule has 0 radical (unpaired) electrons. The Morgan fingerprint density at radius 3 is 1.98 bits per heavy atom. The van der Waals surface area contributed by atoms with Crippen molar-refractivity contribution in [3.8, 4) is 0 Å². The van der Waals surface area contributed by atoms with E-state index in [1.807, 2.05) is 26.0 Å². The number of imidazole rings is 1. The maximum absolute atomic E-state index is 14.6. The van der Waals surface area contributed by atoms with Gasteiger partial charge in [-0.2, -0.15) is 0 Å². The number of anilines is 2. The number of amides is 3. The van der Waals surface area contributed by atoms with Gasteiger partial charge in [-0.05, 0) is 121 Å². The second kappa shape index (κ2) is 13.5. The van der Waals surface area contributed by atoms with Crippen LogP contribution in [0.4, 0.5) is 11.4 Å². The average Bonchev–Trinajstić information content (AvgIpc) is 3.61. The third kappa shape index (κ3) is 6.16. The summed E-state index contributed by atoms with van der Waals surface area (Å²) in [6.45, 7) is 12.9. The summed E-state index contributed by atoms with van der Waals surface area (Å²) in [6.07, 6.45) is 12.8. The van der Waals surface area contributed by atoms with Gasteiger partial charge in [0.1, 0.15) is 0 Å². The number of carbonyl (C=O) groups is 3. The van der Waals surface area contributed by atoms with Crippen LogP contribution in [0.2, 0.25) is 0 Å². The molecule has 2 fully saturated rings. The second-order valence-electron chi connectivity index (χ2n) is 17.8. The lowest BCUT2D eigenvalue weighted by atomic mass is 9.49. The van der Waals surface area contributed by atoms with E-state index in [9.17, 15) is 14.4 Å². The van der Waals surface area contributed by atoms with Crippen molar-refractivity contribution in [1.82, 2.24) is 20.6 Å². The van der Waals surface area contributed by atoms with Gasteiger partial charge in [0.25, 0.3) is 0 Å². The first-order chi connectivity index (χ1) is 24.7. The molecular weight excluding hydrogens is 649 g/mol. The molecule has 0 unspecified atom stereocenters. The minimum Gasteiger partial charge on any atom is -0.399 e. The van der Waals surface area contributed by atoms with Crippen LogP contribution >= 0.6 is 0 Å².